The molecule has 4 heteroatoms. The lowest BCUT2D eigenvalue weighted by Crippen LogP contribution is -2.12. The van der Waals surface area contributed by atoms with E-state index in [0.717, 1.165) is 11.3 Å². The van der Waals surface area contributed by atoms with Gasteiger partial charge in [-0.3, -0.25) is 4.79 Å². The second-order valence-corrected chi connectivity index (χ2v) is 4.90. The molecule has 0 aromatic heterocycles. The molecule has 0 fully saturated rings. The number of ether oxygens (including phenoxy) is 1. The summed E-state index contributed by atoms with van der Waals surface area (Å²) in [6.45, 7) is 2.36. The van der Waals surface area contributed by atoms with Crippen molar-refractivity contribution in [1.82, 2.24) is 5.32 Å². The van der Waals surface area contributed by atoms with E-state index in [0.29, 0.717) is 17.9 Å². The highest BCUT2D eigenvalue weighted by Crippen LogP contribution is 2.12. The van der Waals surface area contributed by atoms with Crippen LogP contribution in [0.2, 0.25) is 0 Å². The molecule has 0 saturated heterocycles. The Balaban J connectivity index is 1.95. The molecule has 0 unspecified atom stereocenters. The molecule has 0 aliphatic rings. The van der Waals surface area contributed by atoms with Gasteiger partial charge in [0.2, 0.25) is 0 Å². The Morgan fingerprint density at radius 1 is 1.14 bits per heavy atom. The van der Waals surface area contributed by atoms with Gasteiger partial charge < -0.3 is 10.1 Å². The first-order valence-corrected chi connectivity index (χ1v) is 6.93. The maximum absolute atomic E-state index is 12.8. The smallest absolute Gasteiger partial charge is 0.187 e. The largest absolute Gasteiger partial charge is 0.497 e. The summed E-state index contributed by atoms with van der Waals surface area (Å²) in [5, 5.41) is 3.13. The van der Waals surface area contributed by atoms with Crippen molar-refractivity contribution in [2.75, 3.05) is 7.11 Å². The first-order valence-electron chi connectivity index (χ1n) is 6.93. The van der Waals surface area contributed by atoms with Crippen molar-refractivity contribution in [3.8, 4) is 5.75 Å². The Kier molecular flexibility index (Phi) is 5.31. The fourth-order valence-corrected chi connectivity index (χ4v) is 1.93. The molecule has 2 aromatic rings. The molecule has 114 valence electrons. The zero-order chi connectivity index (χ0) is 15.9. The van der Waals surface area contributed by atoms with Crippen LogP contribution in [-0.4, -0.2) is 12.9 Å². The number of benzene rings is 2. The summed E-state index contributed by atoms with van der Waals surface area (Å²) < 4.78 is 17.9. The molecule has 2 aromatic carbocycles. The van der Waals surface area contributed by atoms with Crippen molar-refractivity contribution in [2.45, 2.75) is 13.5 Å². The van der Waals surface area contributed by atoms with Crippen LogP contribution in [0.4, 0.5) is 4.39 Å². The van der Waals surface area contributed by atoms with E-state index in [9.17, 15) is 9.18 Å². The van der Waals surface area contributed by atoms with Gasteiger partial charge in [-0.1, -0.05) is 12.1 Å². The van der Waals surface area contributed by atoms with Crippen LogP contribution in [0.15, 0.2) is 60.3 Å². The average Bonchev–Trinajstić information content (AvgIpc) is 2.54. The normalized spacial score (nSPS) is 11.1. The maximum Gasteiger partial charge on any atom is 0.187 e. The van der Waals surface area contributed by atoms with Crippen molar-refractivity contribution in [2.24, 2.45) is 0 Å². The third-order valence-electron chi connectivity index (χ3n) is 3.21. The summed E-state index contributed by atoms with van der Waals surface area (Å²) in [7, 11) is 1.58. The molecule has 2 rings (SSSR count). The maximum atomic E-state index is 12.8. The minimum absolute atomic E-state index is 0.0771. The number of nitrogens with one attached hydrogen (secondary N) is 1. The summed E-state index contributed by atoms with van der Waals surface area (Å²) in [5.41, 5.74) is 2.31. The van der Waals surface area contributed by atoms with Crippen LogP contribution in [0.25, 0.3) is 0 Å². The van der Waals surface area contributed by atoms with Crippen LogP contribution in [0, 0.1) is 5.82 Å². The average molecular weight is 299 g/mol. The van der Waals surface area contributed by atoms with E-state index in [2.05, 4.69) is 5.32 Å². The predicted octanol–water partition coefficient (Wildman–Crippen LogP) is 3.71. The SMILES string of the molecule is COc1ccc(C(=O)C=C(C)NCc2ccc(F)cc2)cc1. The first-order chi connectivity index (χ1) is 10.6. The van der Waals surface area contributed by atoms with Gasteiger partial charge in [0.1, 0.15) is 11.6 Å². The van der Waals surface area contributed by atoms with E-state index in [1.807, 2.05) is 6.92 Å². The van der Waals surface area contributed by atoms with Gasteiger partial charge in [-0.2, -0.15) is 0 Å². The van der Waals surface area contributed by atoms with E-state index in [4.69, 9.17) is 4.74 Å². The molecule has 0 spiro atoms. The van der Waals surface area contributed by atoms with E-state index in [1.165, 1.54) is 12.1 Å². The Labute approximate surface area is 129 Å². The minimum atomic E-state index is -0.259. The highest BCUT2D eigenvalue weighted by atomic mass is 19.1. The van der Waals surface area contributed by atoms with Crippen LogP contribution in [0.1, 0.15) is 22.8 Å². The van der Waals surface area contributed by atoms with Gasteiger partial charge in [0, 0.05) is 23.9 Å². The van der Waals surface area contributed by atoms with E-state index < -0.39 is 0 Å². The standard InChI is InChI=1S/C18H18FNO2/c1-13(20-12-14-3-7-16(19)8-4-14)11-18(21)15-5-9-17(22-2)10-6-15/h3-11,20H,12H2,1-2H3. The summed E-state index contributed by atoms with van der Waals surface area (Å²) in [6, 6.07) is 13.2. The second-order valence-electron chi connectivity index (χ2n) is 4.90. The Bertz CT molecular complexity index is 660. The molecule has 0 saturated carbocycles. The first kappa shape index (κ1) is 15.8. The van der Waals surface area contributed by atoms with Gasteiger partial charge in [0.25, 0.3) is 0 Å². The lowest BCUT2D eigenvalue weighted by atomic mass is 10.1. The van der Waals surface area contributed by atoms with Crippen LogP contribution >= 0.6 is 0 Å². The highest BCUT2D eigenvalue weighted by Gasteiger charge is 2.03. The van der Waals surface area contributed by atoms with Crippen LogP contribution in [0.5, 0.6) is 5.75 Å². The van der Waals surface area contributed by atoms with Crippen molar-refractivity contribution in [3.63, 3.8) is 0 Å². The summed E-state index contributed by atoms with van der Waals surface area (Å²) >= 11 is 0. The monoisotopic (exact) mass is 299 g/mol. The highest BCUT2D eigenvalue weighted by molar-refractivity contribution is 6.04. The number of hydrogen-bond donors (Lipinski definition) is 1. The number of halogens is 1. The van der Waals surface area contributed by atoms with Gasteiger partial charge in [-0.05, 0) is 48.9 Å². The Hall–Kier alpha value is -2.62. The molecule has 0 heterocycles. The Morgan fingerprint density at radius 2 is 1.77 bits per heavy atom. The van der Waals surface area contributed by atoms with Crippen molar-refractivity contribution in [3.05, 3.63) is 77.2 Å². The van der Waals surface area contributed by atoms with Gasteiger partial charge in [-0.25, -0.2) is 4.39 Å². The molecule has 1 N–H and O–H groups in total. The van der Waals surface area contributed by atoms with Crippen molar-refractivity contribution >= 4 is 5.78 Å². The molecule has 0 atom stereocenters. The van der Waals surface area contributed by atoms with Crippen molar-refractivity contribution < 1.29 is 13.9 Å². The van der Waals surface area contributed by atoms with E-state index in [-0.39, 0.29) is 11.6 Å². The number of allylic oxidation sites excluding steroid dienone is 2. The molecule has 3 nitrogen and oxygen atoms in total. The predicted molar refractivity (Wildman–Crippen MR) is 84.3 cm³/mol. The molecule has 0 aliphatic carbocycles. The molecule has 0 radical (unpaired) electrons. The van der Waals surface area contributed by atoms with Gasteiger partial charge in [0.05, 0.1) is 7.11 Å². The van der Waals surface area contributed by atoms with Crippen molar-refractivity contribution in [1.29, 1.82) is 0 Å². The topological polar surface area (TPSA) is 38.3 Å². The van der Waals surface area contributed by atoms with Gasteiger partial charge >= 0.3 is 0 Å². The molecular weight excluding hydrogens is 281 g/mol. The molecule has 0 bridgehead atoms. The lowest BCUT2D eigenvalue weighted by molar-refractivity contribution is 0.104. The third kappa shape index (κ3) is 4.45. The number of carbonyl (C=O) groups is 1. The molecule has 22 heavy (non-hydrogen) atoms. The molecule has 0 aliphatic heterocycles. The van der Waals surface area contributed by atoms with Crippen LogP contribution in [-0.2, 0) is 6.54 Å². The Morgan fingerprint density at radius 3 is 2.36 bits per heavy atom. The summed E-state index contributed by atoms with van der Waals surface area (Å²) in [6.07, 6.45) is 1.55. The number of carbonyl (C=O) groups excluding carboxylic acids is 1. The fourth-order valence-electron chi connectivity index (χ4n) is 1.93. The zero-order valence-electron chi connectivity index (χ0n) is 12.6. The van der Waals surface area contributed by atoms with Gasteiger partial charge in [-0.15, -0.1) is 0 Å². The molecular formula is C18H18FNO2. The fraction of sp³-hybridized carbons (Fsp3) is 0.167. The van der Waals surface area contributed by atoms with E-state index >= 15 is 0 Å². The lowest BCUT2D eigenvalue weighted by Gasteiger charge is -2.07. The summed E-state index contributed by atoms with van der Waals surface area (Å²) in [5.74, 6) is 0.379. The number of methoxy groups -OCH3 is 1. The number of hydrogen-bond acceptors (Lipinski definition) is 3. The van der Waals surface area contributed by atoms with Crippen LogP contribution < -0.4 is 10.1 Å². The third-order valence-corrected chi connectivity index (χ3v) is 3.21. The number of rotatable bonds is 6. The quantitative estimate of drug-likeness (QED) is 0.653. The molecule has 0 amide bonds. The minimum Gasteiger partial charge on any atom is -0.497 e. The second kappa shape index (κ2) is 7.41. The number of ketones is 1. The van der Waals surface area contributed by atoms with Gasteiger partial charge in [0.15, 0.2) is 5.78 Å². The summed E-state index contributed by atoms with van der Waals surface area (Å²) in [4.78, 5) is 12.1. The van der Waals surface area contributed by atoms with Crippen LogP contribution in [0.3, 0.4) is 0 Å². The zero-order valence-corrected chi connectivity index (χ0v) is 12.6. The van der Waals surface area contributed by atoms with E-state index in [1.54, 1.807) is 49.6 Å².